The van der Waals surface area contributed by atoms with Crippen molar-refractivity contribution in [3.63, 3.8) is 0 Å². The molecule has 4 heterocycles. The van der Waals surface area contributed by atoms with Crippen molar-refractivity contribution in [2.45, 2.75) is 96.7 Å². The minimum atomic E-state index is -0.989. The van der Waals surface area contributed by atoms with Crippen LogP contribution in [0.4, 0.5) is 0 Å². The number of imidazole rings is 2. The molecule has 2 saturated carbocycles. The van der Waals surface area contributed by atoms with Crippen molar-refractivity contribution in [1.29, 1.82) is 0 Å². The summed E-state index contributed by atoms with van der Waals surface area (Å²) in [5, 5.41) is 14.3. The fraction of sp³-hybridized carbons (Fsp3) is 0.388. The molecule has 0 radical (unpaired) electrons. The van der Waals surface area contributed by atoms with E-state index >= 15 is 0 Å². The topological polar surface area (TPSA) is 173 Å². The van der Waals surface area contributed by atoms with Crippen molar-refractivity contribution in [2.75, 3.05) is 0 Å². The molecule has 12 heteroatoms. The van der Waals surface area contributed by atoms with Crippen LogP contribution < -0.4 is 16.4 Å². The van der Waals surface area contributed by atoms with Gasteiger partial charge in [-0.1, -0.05) is 72.8 Å². The molecular weight excluding hydrogens is 767 g/mol. The summed E-state index contributed by atoms with van der Waals surface area (Å²) in [7, 11) is 0. The van der Waals surface area contributed by atoms with Crippen LogP contribution in [0.1, 0.15) is 81.0 Å². The number of rotatable bonds is 14. The van der Waals surface area contributed by atoms with Crippen LogP contribution in [-0.4, -0.2) is 59.5 Å². The number of nitrogens with one attached hydrogen (secondary N) is 2. The van der Waals surface area contributed by atoms with Gasteiger partial charge in [0.2, 0.25) is 11.8 Å². The number of carboxylic acid groups (broad SMARTS) is 1. The Balaban J connectivity index is 0.000000171. The van der Waals surface area contributed by atoms with Gasteiger partial charge in [0.1, 0.15) is 17.3 Å². The Kier molecular flexibility index (Phi) is 16.0. The van der Waals surface area contributed by atoms with E-state index in [0.717, 1.165) is 73.8 Å². The number of nitrogens with zero attached hydrogens (tertiary/aromatic N) is 4. The van der Waals surface area contributed by atoms with Crippen LogP contribution in [-0.2, 0) is 45.0 Å². The number of carboxylic acids is 1. The van der Waals surface area contributed by atoms with E-state index in [9.17, 15) is 19.2 Å². The van der Waals surface area contributed by atoms with Crippen LogP contribution in [0.5, 0.6) is 0 Å². The van der Waals surface area contributed by atoms with Crippen LogP contribution in [0, 0.1) is 23.7 Å². The van der Waals surface area contributed by atoms with Crippen molar-refractivity contribution in [3.05, 3.63) is 144 Å². The number of hydrogen-bond donors (Lipinski definition) is 4. The second kappa shape index (κ2) is 21.9. The molecule has 12 nitrogen and oxygen atoms in total. The van der Waals surface area contributed by atoms with Gasteiger partial charge in [-0.05, 0) is 118 Å². The van der Waals surface area contributed by atoms with Gasteiger partial charge in [-0.25, -0.2) is 9.97 Å². The van der Waals surface area contributed by atoms with Gasteiger partial charge in [0.05, 0.1) is 6.04 Å². The quantitative estimate of drug-likeness (QED) is 0.0907. The Morgan fingerprint density at radius 2 is 1.13 bits per heavy atom. The predicted octanol–water partition coefficient (Wildman–Crippen LogP) is 7.03. The van der Waals surface area contributed by atoms with Gasteiger partial charge < -0.3 is 30.3 Å². The lowest BCUT2D eigenvalue weighted by atomic mass is 9.96. The zero-order chi connectivity index (χ0) is 43.1. The molecule has 5 N–H and O–H groups in total. The van der Waals surface area contributed by atoms with E-state index in [2.05, 4.69) is 57.0 Å². The number of pyridine rings is 2. The SMILES string of the molecule is C[C@H](NC(=O)[C@@H]1CC[C@@H](Cc2ccccc2)C1)C(=O)CCc1ccc2nccn2c1.C[C@H](NC(=O)[C@@H]1CC[C@@H](Cc2ccccc2)C1)C(=O)O.NCc1ccc2nccn2c1. The Hall–Kier alpha value is -6.14. The first kappa shape index (κ1) is 44.4. The lowest BCUT2D eigenvalue weighted by Gasteiger charge is -2.17. The second-order valence-electron chi connectivity index (χ2n) is 16.6. The highest BCUT2D eigenvalue weighted by Gasteiger charge is 2.32. The second-order valence-corrected chi connectivity index (χ2v) is 16.6. The number of aryl methyl sites for hydroxylation is 1. The van der Waals surface area contributed by atoms with Gasteiger partial charge in [-0.3, -0.25) is 19.2 Å². The summed E-state index contributed by atoms with van der Waals surface area (Å²) in [5.41, 5.74) is 12.2. The van der Waals surface area contributed by atoms with Gasteiger partial charge in [-0.15, -0.1) is 0 Å². The Labute approximate surface area is 358 Å². The molecule has 2 amide bonds. The van der Waals surface area contributed by atoms with Gasteiger partial charge in [0, 0.05) is 62.0 Å². The van der Waals surface area contributed by atoms with Crippen LogP contribution in [0.25, 0.3) is 11.3 Å². The number of aromatic nitrogens is 4. The molecule has 2 aliphatic rings. The fourth-order valence-corrected chi connectivity index (χ4v) is 8.38. The first-order valence-corrected chi connectivity index (χ1v) is 21.5. The molecule has 320 valence electrons. The molecule has 6 atom stereocenters. The first-order chi connectivity index (χ1) is 29.5. The summed E-state index contributed by atoms with van der Waals surface area (Å²) < 4.78 is 3.92. The highest BCUT2D eigenvalue weighted by atomic mass is 16.4. The lowest BCUT2D eigenvalue weighted by Crippen LogP contribution is -2.41. The van der Waals surface area contributed by atoms with Crippen LogP contribution in [0.15, 0.2) is 122 Å². The number of benzene rings is 2. The van der Waals surface area contributed by atoms with Crippen LogP contribution in [0.3, 0.4) is 0 Å². The summed E-state index contributed by atoms with van der Waals surface area (Å²) in [6.45, 7) is 3.88. The monoisotopic (exact) mass is 825 g/mol. The minimum absolute atomic E-state index is 0.0256. The lowest BCUT2D eigenvalue weighted by molar-refractivity contribution is -0.141. The Bertz CT molecular complexity index is 2340. The zero-order valence-corrected chi connectivity index (χ0v) is 35.2. The average molecular weight is 826 g/mol. The summed E-state index contributed by atoms with van der Waals surface area (Å²) in [4.78, 5) is 56.3. The number of ketones is 1. The standard InChI is InChI=1S/C25H29N3O2.C16H21NO3.C8H9N3/c1-18(23(29)11-8-20-9-12-24-26-13-14-28(24)17-20)27-25(30)22-10-7-21(16-22)15-19-5-3-2-4-6-19;1-11(16(19)20)17-15(18)14-8-7-13(10-14)9-12-5-3-2-4-6-12;9-5-7-1-2-8-10-3-4-11(8)6-7/h2-6,9,12-14,17-18,21-22H,7-8,10-11,15-16H2,1H3,(H,27,30);2-6,11,13-14H,7-10H2,1H3,(H,17,18)(H,19,20);1-4,6H,5,9H2/t18-,21-,22+;11-,13-,14+;/m00./s1. The summed E-state index contributed by atoms with van der Waals surface area (Å²) in [6.07, 6.45) is 20.1. The van der Waals surface area contributed by atoms with Crippen molar-refractivity contribution in [1.82, 2.24) is 29.4 Å². The third-order valence-corrected chi connectivity index (χ3v) is 11.9. The van der Waals surface area contributed by atoms with Gasteiger partial charge >= 0.3 is 5.97 Å². The largest absolute Gasteiger partial charge is 0.480 e. The summed E-state index contributed by atoms with van der Waals surface area (Å²) in [6, 6.07) is 27.4. The van der Waals surface area contributed by atoms with E-state index in [1.165, 1.54) is 18.1 Å². The highest BCUT2D eigenvalue weighted by Crippen LogP contribution is 2.34. The molecule has 2 aromatic carbocycles. The molecule has 2 fully saturated rings. The maximum absolute atomic E-state index is 12.7. The molecule has 0 unspecified atom stereocenters. The van der Waals surface area contributed by atoms with E-state index in [0.29, 0.717) is 31.2 Å². The van der Waals surface area contributed by atoms with Gasteiger partial charge in [0.25, 0.3) is 0 Å². The van der Waals surface area contributed by atoms with Gasteiger partial charge in [0.15, 0.2) is 5.78 Å². The number of nitrogens with two attached hydrogens (primary N) is 1. The van der Waals surface area contributed by atoms with E-state index in [4.69, 9.17) is 10.8 Å². The van der Waals surface area contributed by atoms with Gasteiger partial charge in [-0.2, -0.15) is 0 Å². The number of hydrogen-bond acceptors (Lipinski definition) is 7. The molecule has 2 aliphatic carbocycles. The third-order valence-electron chi connectivity index (χ3n) is 11.9. The van der Waals surface area contributed by atoms with E-state index in [-0.39, 0.29) is 29.4 Å². The molecule has 8 rings (SSSR count). The number of aliphatic carboxylic acids is 1. The van der Waals surface area contributed by atoms with Crippen LogP contribution >= 0.6 is 0 Å². The van der Waals surface area contributed by atoms with Crippen molar-refractivity contribution < 1.29 is 24.3 Å². The predicted molar refractivity (Wildman–Crippen MR) is 236 cm³/mol. The molecule has 0 bridgehead atoms. The molecule has 0 spiro atoms. The first-order valence-electron chi connectivity index (χ1n) is 21.5. The number of carbonyl (C=O) groups is 4. The molecule has 6 aromatic rings. The number of Topliss-reactive ketones (excluding diaryl/α,β-unsaturated/α-hetero) is 1. The van der Waals surface area contributed by atoms with Crippen molar-refractivity contribution in [2.24, 2.45) is 29.4 Å². The molecule has 4 aromatic heterocycles. The molecule has 0 saturated heterocycles. The molecule has 0 aliphatic heterocycles. The minimum Gasteiger partial charge on any atom is -0.480 e. The fourth-order valence-electron chi connectivity index (χ4n) is 8.38. The normalized spacial score (nSPS) is 19.2. The summed E-state index contributed by atoms with van der Waals surface area (Å²) in [5.74, 6) is 0.0652. The molecule has 61 heavy (non-hydrogen) atoms. The van der Waals surface area contributed by atoms with E-state index in [1.54, 1.807) is 19.3 Å². The van der Waals surface area contributed by atoms with Crippen molar-refractivity contribution in [3.8, 4) is 0 Å². The maximum Gasteiger partial charge on any atom is 0.325 e. The Morgan fingerprint density at radius 3 is 1.62 bits per heavy atom. The van der Waals surface area contributed by atoms with Crippen molar-refractivity contribution >= 4 is 34.9 Å². The van der Waals surface area contributed by atoms with E-state index < -0.39 is 18.1 Å². The van der Waals surface area contributed by atoms with E-state index in [1.807, 2.05) is 82.1 Å². The maximum atomic E-state index is 12.7. The smallest absolute Gasteiger partial charge is 0.325 e. The number of amides is 2. The molecular formula is C49H59N7O5. The highest BCUT2D eigenvalue weighted by molar-refractivity contribution is 5.89. The average Bonchev–Trinajstić information content (AvgIpc) is 4.12. The zero-order valence-electron chi connectivity index (χ0n) is 35.2. The van der Waals surface area contributed by atoms with Crippen LogP contribution in [0.2, 0.25) is 0 Å². The number of carbonyl (C=O) groups excluding carboxylic acids is 3. The third kappa shape index (κ3) is 13.2. The number of fused-ring (bicyclic) bond motifs is 2. The Morgan fingerprint density at radius 1 is 0.656 bits per heavy atom. The summed E-state index contributed by atoms with van der Waals surface area (Å²) >= 11 is 0.